The first-order valence-electron chi connectivity index (χ1n) is 7.86. The highest BCUT2D eigenvalue weighted by molar-refractivity contribution is 8.00. The fraction of sp³-hybridized carbons (Fsp3) is 0.278. The van der Waals surface area contributed by atoms with Crippen molar-refractivity contribution in [1.82, 2.24) is 9.97 Å². The van der Waals surface area contributed by atoms with Crippen molar-refractivity contribution >= 4 is 50.9 Å². The molecule has 3 rings (SSSR count). The summed E-state index contributed by atoms with van der Waals surface area (Å²) < 4.78 is 0. The number of carbonyl (C=O) groups is 1. The molecule has 2 heterocycles. The van der Waals surface area contributed by atoms with Gasteiger partial charge in [-0.1, -0.05) is 54.6 Å². The van der Waals surface area contributed by atoms with Crippen molar-refractivity contribution < 1.29 is 9.90 Å². The molecule has 2 aromatic heterocycles. The van der Waals surface area contributed by atoms with Gasteiger partial charge in [0.1, 0.15) is 15.2 Å². The Labute approximate surface area is 159 Å². The number of thioether (sulfide) groups is 1. The molecule has 25 heavy (non-hydrogen) atoms. The van der Waals surface area contributed by atoms with Crippen molar-refractivity contribution in [3.63, 3.8) is 0 Å². The maximum atomic E-state index is 11.0. The normalized spacial score (nSPS) is 12.5. The van der Waals surface area contributed by atoms with E-state index in [4.69, 9.17) is 16.7 Å². The molecule has 0 aliphatic heterocycles. The first kappa shape index (κ1) is 18.2. The lowest BCUT2D eigenvalue weighted by molar-refractivity contribution is -0.136. The Morgan fingerprint density at radius 3 is 2.60 bits per heavy atom. The van der Waals surface area contributed by atoms with Crippen molar-refractivity contribution in [1.29, 1.82) is 0 Å². The van der Waals surface area contributed by atoms with Gasteiger partial charge in [-0.15, -0.1) is 11.3 Å². The van der Waals surface area contributed by atoms with Gasteiger partial charge < -0.3 is 5.11 Å². The maximum Gasteiger partial charge on any atom is 0.316 e. The molecule has 0 aliphatic rings. The third-order valence-electron chi connectivity index (χ3n) is 3.94. The third kappa shape index (κ3) is 3.66. The van der Waals surface area contributed by atoms with Crippen molar-refractivity contribution in [2.75, 3.05) is 0 Å². The number of carboxylic acids is 1. The van der Waals surface area contributed by atoms with E-state index in [0.29, 0.717) is 10.3 Å². The van der Waals surface area contributed by atoms with E-state index in [-0.39, 0.29) is 0 Å². The van der Waals surface area contributed by atoms with Crippen LogP contribution >= 0.6 is 34.7 Å². The fourth-order valence-electron chi connectivity index (χ4n) is 2.57. The zero-order chi connectivity index (χ0) is 18.1. The average Bonchev–Trinajstić information content (AvgIpc) is 2.91. The quantitative estimate of drug-likeness (QED) is 0.355. The summed E-state index contributed by atoms with van der Waals surface area (Å²) in [4.78, 5) is 21.8. The molecule has 1 N–H and O–H groups in total. The molecular formula is C18H17ClN2O2S2. The largest absolute Gasteiger partial charge is 0.480 e. The van der Waals surface area contributed by atoms with E-state index in [9.17, 15) is 4.79 Å². The second-order valence-electron chi connectivity index (χ2n) is 5.66. The minimum atomic E-state index is -0.899. The highest BCUT2D eigenvalue weighted by Crippen LogP contribution is 2.41. The molecule has 1 aromatic carbocycles. The molecule has 0 saturated heterocycles. The van der Waals surface area contributed by atoms with Gasteiger partial charge >= 0.3 is 5.97 Å². The highest BCUT2D eigenvalue weighted by atomic mass is 35.5. The van der Waals surface area contributed by atoms with Crippen LogP contribution in [0.2, 0.25) is 5.15 Å². The van der Waals surface area contributed by atoms with Gasteiger partial charge in [0.15, 0.2) is 5.16 Å². The van der Waals surface area contributed by atoms with Gasteiger partial charge in [0.2, 0.25) is 0 Å². The number of rotatable bonds is 5. The minimum absolute atomic E-state index is 0.365. The lowest BCUT2D eigenvalue weighted by atomic mass is 10.0. The van der Waals surface area contributed by atoms with E-state index in [1.54, 1.807) is 18.3 Å². The van der Waals surface area contributed by atoms with E-state index >= 15 is 0 Å². The number of aryl methyl sites for hydroxylation is 2. The monoisotopic (exact) mass is 392 g/mol. The SMILES string of the molecule is CCc1ccc(-c2c(C)sc3nc(SC(C)C(=O)O)nc(Cl)c23)cc1. The second kappa shape index (κ2) is 7.32. The van der Waals surface area contributed by atoms with Crippen LogP contribution in [0.4, 0.5) is 0 Å². The van der Waals surface area contributed by atoms with Crippen LogP contribution < -0.4 is 0 Å². The summed E-state index contributed by atoms with van der Waals surface area (Å²) in [5, 5.41) is 10.0. The van der Waals surface area contributed by atoms with Gasteiger partial charge in [0.25, 0.3) is 0 Å². The van der Waals surface area contributed by atoms with Crippen LogP contribution in [0, 0.1) is 6.92 Å². The number of thiophene rings is 1. The van der Waals surface area contributed by atoms with Crippen molar-refractivity contribution in [3.8, 4) is 11.1 Å². The Hall–Kier alpha value is -1.63. The molecule has 1 atom stereocenters. The molecule has 3 aromatic rings. The molecule has 0 saturated carbocycles. The number of halogens is 1. The van der Waals surface area contributed by atoms with Gasteiger partial charge in [-0.2, -0.15) is 0 Å². The Kier molecular flexibility index (Phi) is 5.32. The highest BCUT2D eigenvalue weighted by Gasteiger charge is 2.20. The molecule has 0 bridgehead atoms. The lowest BCUT2D eigenvalue weighted by Gasteiger charge is -2.07. The van der Waals surface area contributed by atoms with Crippen LogP contribution in [0.1, 0.15) is 24.3 Å². The fourth-order valence-corrected chi connectivity index (χ4v) is 4.75. The molecule has 0 amide bonds. The predicted octanol–water partition coefficient (Wildman–Crippen LogP) is 5.45. The number of aliphatic carboxylic acids is 1. The summed E-state index contributed by atoms with van der Waals surface area (Å²) in [6, 6.07) is 8.43. The smallest absolute Gasteiger partial charge is 0.316 e. The predicted molar refractivity (Wildman–Crippen MR) is 105 cm³/mol. The number of aromatic nitrogens is 2. The Bertz CT molecular complexity index is 938. The first-order valence-corrected chi connectivity index (χ1v) is 9.93. The van der Waals surface area contributed by atoms with Crippen LogP contribution in [-0.4, -0.2) is 26.3 Å². The lowest BCUT2D eigenvalue weighted by Crippen LogP contribution is -2.11. The number of hydrogen-bond donors (Lipinski definition) is 1. The third-order valence-corrected chi connectivity index (χ3v) is 6.16. The molecule has 4 nitrogen and oxygen atoms in total. The molecule has 0 fully saturated rings. The van der Waals surface area contributed by atoms with Gasteiger partial charge in [0.05, 0.1) is 5.39 Å². The van der Waals surface area contributed by atoms with E-state index in [0.717, 1.165) is 44.4 Å². The van der Waals surface area contributed by atoms with Crippen LogP contribution in [0.3, 0.4) is 0 Å². The molecule has 0 aliphatic carbocycles. The molecule has 130 valence electrons. The van der Waals surface area contributed by atoms with Crippen LogP contribution in [-0.2, 0) is 11.2 Å². The van der Waals surface area contributed by atoms with Gasteiger partial charge in [-0.25, -0.2) is 9.97 Å². The van der Waals surface area contributed by atoms with E-state index in [1.165, 1.54) is 5.56 Å². The summed E-state index contributed by atoms with van der Waals surface area (Å²) >= 11 is 9.09. The van der Waals surface area contributed by atoms with Gasteiger partial charge in [0, 0.05) is 10.4 Å². The molecule has 1 unspecified atom stereocenters. The molecule has 7 heteroatoms. The summed E-state index contributed by atoms with van der Waals surface area (Å²) in [7, 11) is 0. The maximum absolute atomic E-state index is 11.0. The number of fused-ring (bicyclic) bond motifs is 1. The molecule has 0 radical (unpaired) electrons. The van der Waals surface area contributed by atoms with E-state index in [2.05, 4.69) is 41.2 Å². The second-order valence-corrected chi connectivity index (χ2v) is 8.53. The first-order chi connectivity index (χ1) is 11.9. The standard InChI is InChI=1S/C18H17ClN2O2S2/c1-4-11-5-7-12(8-6-11)13-9(2)24-16-14(13)15(19)20-18(21-16)25-10(3)17(22)23/h5-8,10H,4H2,1-3H3,(H,22,23). The summed E-state index contributed by atoms with van der Waals surface area (Å²) in [6.45, 7) is 5.77. The summed E-state index contributed by atoms with van der Waals surface area (Å²) in [6.07, 6.45) is 0.996. The number of hydrogen-bond acceptors (Lipinski definition) is 5. The summed E-state index contributed by atoms with van der Waals surface area (Å²) in [5.41, 5.74) is 3.42. The topological polar surface area (TPSA) is 63.1 Å². The van der Waals surface area contributed by atoms with Gasteiger partial charge in [-0.3, -0.25) is 4.79 Å². The van der Waals surface area contributed by atoms with E-state index < -0.39 is 11.2 Å². The van der Waals surface area contributed by atoms with Gasteiger partial charge in [-0.05, 0) is 31.4 Å². The van der Waals surface area contributed by atoms with Crippen molar-refractivity contribution in [2.24, 2.45) is 0 Å². The Morgan fingerprint density at radius 2 is 2.00 bits per heavy atom. The Balaban J connectivity index is 2.08. The van der Waals surface area contributed by atoms with Crippen LogP contribution in [0.15, 0.2) is 29.4 Å². The molecular weight excluding hydrogens is 376 g/mol. The number of carboxylic acid groups (broad SMARTS) is 1. The zero-order valence-corrected chi connectivity index (χ0v) is 16.4. The Morgan fingerprint density at radius 1 is 1.32 bits per heavy atom. The minimum Gasteiger partial charge on any atom is -0.480 e. The van der Waals surface area contributed by atoms with E-state index in [1.807, 2.05) is 6.92 Å². The average molecular weight is 393 g/mol. The number of nitrogens with zero attached hydrogens (tertiary/aromatic N) is 2. The zero-order valence-electron chi connectivity index (χ0n) is 14.0. The summed E-state index contributed by atoms with van der Waals surface area (Å²) in [5.74, 6) is -0.899. The molecule has 0 spiro atoms. The van der Waals surface area contributed by atoms with Crippen LogP contribution in [0.5, 0.6) is 0 Å². The van der Waals surface area contributed by atoms with Crippen molar-refractivity contribution in [2.45, 2.75) is 37.6 Å². The van der Waals surface area contributed by atoms with Crippen molar-refractivity contribution in [3.05, 3.63) is 39.9 Å². The number of benzene rings is 1. The van der Waals surface area contributed by atoms with Crippen LogP contribution in [0.25, 0.3) is 21.3 Å².